The first-order valence-electron chi connectivity index (χ1n) is 9.70. The third-order valence-electron chi connectivity index (χ3n) is 4.25. The Bertz CT molecular complexity index is 916. The molecule has 1 aromatic carbocycles. The van der Waals surface area contributed by atoms with Crippen LogP contribution in [0.25, 0.3) is 0 Å². The molecular formula is C20H23NO12. The second-order valence-corrected chi connectivity index (χ2v) is 6.91. The molecule has 0 amide bonds. The van der Waals surface area contributed by atoms with Crippen LogP contribution in [0.15, 0.2) is 24.3 Å². The molecule has 0 radical (unpaired) electrons. The summed E-state index contributed by atoms with van der Waals surface area (Å²) in [5, 5.41) is 11.4. The predicted molar refractivity (Wildman–Crippen MR) is 106 cm³/mol. The first-order chi connectivity index (χ1) is 15.5. The van der Waals surface area contributed by atoms with E-state index in [2.05, 4.69) is 0 Å². The van der Waals surface area contributed by atoms with Crippen LogP contribution in [0, 0.1) is 10.1 Å². The third-order valence-corrected chi connectivity index (χ3v) is 4.25. The number of nitrogens with zero attached hydrogens (tertiary/aromatic N) is 1. The van der Waals surface area contributed by atoms with E-state index in [-0.39, 0.29) is 5.75 Å². The maximum Gasteiger partial charge on any atom is 0.311 e. The van der Waals surface area contributed by atoms with Gasteiger partial charge in [-0.05, 0) is 6.07 Å². The number of ether oxygens (including phenoxy) is 6. The van der Waals surface area contributed by atoms with E-state index in [0.29, 0.717) is 0 Å². The maximum absolute atomic E-state index is 11.8. The smallest absolute Gasteiger partial charge is 0.311 e. The first kappa shape index (κ1) is 25.5. The van der Waals surface area contributed by atoms with Crippen LogP contribution in [0.1, 0.15) is 27.7 Å². The van der Waals surface area contributed by atoms with Gasteiger partial charge in [-0.2, -0.15) is 0 Å². The average molecular weight is 469 g/mol. The fraction of sp³-hybridized carbons (Fsp3) is 0.500. The Kier molecular flexibility index (Phi) is 8.68. The molecule has 0 N–H and O–H groups in total. The van der Waals surface area contributed by atoms with Gasteiger partial charge in [-0.15, -0.1) is 0 Å². The molecule has 1 aliphatic heterocycles. The number of nitro groups is 1. The molecular weight excluding hydrogens is 446 g/mol. The van der Waals surface area contributed by atoms with Crippen molar-refractivity contribution < 1.29 is 52.5 Å². The summed E-state index contributed by atoms with van der Waals surface area (Å²) in [6, 6.07) is 5.35. The quantitative estimate of drug-likeness (QED) is 0.230. The Morgan fingerprint density at radius 2 is 1.42 bits per heavy atom. The molecule has 1 saturated heterocycles. The lowest BCUT2D eigenvalue weighted by atomic mass is 9.98. The molecule has 0 aliphatic carbocycles. The Balaban J connectivity index is 2.51. The summed E-state index contributed by atoms with van der Waals surface area (Å²) in [5.74, 6) is -3.33. The molecule has 0 spiro atoms. The molecule has 13 heteroatoms. The summed E-state index contributed by atoms with van der Waals surface area (Å²) < 4.78 is 32.1. The minimum Gasteiger partial charge on any atom is -0.463 e. The van der Waals surface area contributed by atoms with E-state index in [1.54, 1.807) is 0 Å². The molecule has 0 unspecified atom stereocenters. The Hall–Kier alpha value is -3.74. The molecule has 1 fully saturated rings. The van der Waals surface area contributed by atoms with Gasteiger partial charge in [0, 0.05) is 33.8 Å². The van der Waals surface area contributed by atoms with Crippen LogP contribution in [0.4, 0.5) is 5.69 Å². The summed E-state index contributed by atoms with van der Waals surface area (Å²) in [6.07, 6.45) is -7.10. The second kappa shape index (κ2) is 11.2. The zero-order chi connectivity index (χ0) is 24.7. The highest BCUT2D eigenvalue weighted by Gasteiger charge is 2.53. The fourth-order valence-corrected chi connectivity index (χ4v) is 3.12. The third kappa shape index (κ3) is 7.14. The van der Waals surface area contributed by atoms with Crippen molar-refractivity contribution in [3.05, 3.63) is 34.4 Å². The maximum atomic E-state index is 11.8. The highest BCUT2D eigenvalue weighted by Crippen LogP contribution is 2.34. The highest BCUT2D eigenvalue weighted by atomic mass is 16.7. The number of rotatable bonds is 8. The number of para-hydroxylation sites is 2. The van der Waals surface area contributed by atoms with Gasteiger partial charge in [0.1, 0.15) is 12.7 Å². The van der Waals surface area contributed by atoms with Crippen LogP contribution in [0.3, 0.4) is 0 Å². The minimum atomic E-state index is -1.56. The summed E-state index contributed by atoms with van der Waals surface area (Å²) in [6.45, 7) is 3.91. The topological polar surface area (TPSA) is 167 Å². The molecule has 1 heterocycles. The van der Waals surface area contributed by atoms with E-state index in [1.165, 1.54) is 24.3 Å². The van der Waals surface area contributed by atoms with Gasteiger partial charge in [0.15, 0.2) is 18.0 Å². The molecule has 2 rings (SSSR count). The number of esters is 4. The van der Waals surface area contributed by atoms with Gasteiger partial charge < -0.3 is 28.4 Å². The zero-order valence-electron chi connectivity index (χ0n) is 18.2. The molecule has 0 aromatic heterocycles. The van der Waals surface area contributed by atoms with Gasteiger partial charge in [-0.3, -0.25) is 29.3 Å². The summed E-state index contributed by atoms with van der Waals surface area (Å²) >= 11 is 0. The minimum absolute atomic E-state index is 0.233. The Labute approximate surface area is 188 Å². The van der Waals surface area contributed by atoms with Crippen molar-refractivity contribution in [3.8, 4) is 5.75 Å². The monoisotopic (exact) mass is 469 g/mol. The molecule has 33 heavy (non-hydrogen) atoms. The first-order valence-corrected chi connectivity index (χ1v) is 9.70. The summed E-state index contributed by atoms with van der Waals surface area (Å²) in [7, 11) is 0. The standard InChI is InChI=1S/C20H23NO12/c1-10(22)28-9-16-17(29-11(2)23)18(30-12(3)24)19(31-13(4)25)20(33-16)32-15-8-6-5-7-14(15)21(26)27/h5-8,16-20H,9H2,1-4H3/t16-,17-,18+,19-,20+/m0/s1. The van der Waals surface area contributed by atoms with E-state index in [4.69, 9.17) is 28.4 Å². The lowest BCUT2D eigenvalue weighted by Gasteiger charge is -2.43. The van der Waals surface area contributed by atoms with Gasteiger partial charge in [0.2, 0.25) is 12.4 Å². The van der Waals surface area contributed by atoms with Gasteiger partial charge >= 0.3 is 29.6 Å². The number of nitro benzene ring substituents is 1. The van der Waals surface area contributed by atoms with Crippen LogP contribution < -0.4 is 4.74 Å². The largest absolute Gasteiger partial charge is 0.463 e. The number of carbonyl (C=O) groups excluding carboxylic acids is 4. The van der Waals surface area contributed by atoms with Crippen LogP contribution in [0.5, 0.6) is 5.75 Å². The number of carbonyl (C=O) groups is 4. The van der Waals surface area contributed by atoms with Crippen molar-refractivity contribution in [3.63, 3.8) is 0 Å². The lowest BCUT2D eigenvalue weighted by molar-refractivity contribution is -0.387. The van der Waals surface area contributed by atoms with Crippen molar-refractivity contribution in [2.24, 2.45) is 0 Å². The second-order valence-electron chi connectivity index (χ2n) is 6.91. The summed E-state index contributed by atoms with van der Waals surface area (Å²) in [5.41, 5.74) is -0.412. The molecule has 1 aliphatic rings. The number of benzene rings is 1. The van der Waals surface area contributed by atoms with Gasteiger partial charge in [0.05, 0.1) is 4.92 Å². The summed E-state index contributed by atoms with van der Waals surface area (Å²) in [4.78, 5) is 57.3. The van der Waals surface area contributed by atoms with Crippen molar-refractivity contribution in [2.45, 2.75) is 58.4 Å². The Morgan fingerprint density at radius 1 is 0.879 bits per heavy atom. The Morgan fingerprint density at radius 3 is 1.97 bits per heavy atom. The predicted octanol–water partition coefficient (Wildman–Crippen LogP) is 1.06. The number of hydrogen-bond donors (Lipinski definition) is 0. The van der Waals surface area contributed by atoms with Crippen LogP contribution in [-0.4, -0.2) is 66.1 Å². The van der Waals surface area contributed by atoms with E-state index >= 15 is 0 Å². The van der Waals surface area contributed by atoms with Crippen LogP contribution in [-0.2, 0) is 42.9 Å². The molecule has 5 atom stereocenters. The lowest BCUT2D eigenvalue weighted by Crippen LogP contribution is -2.63. The molecule has 1 aromatic rings. The van der Waals surface area contributed by atoms with Gasteiger partial charge in [-0.25, -0.2) is 0 Å². The fourth-order valence-electron chi connectivity index (χ4n) is 3.12. The SMILES string of the molecule is CC(=O)OC[C@@H]1O[C@@H](Oc2ccccc2[N+](=O)[O-])[C@@H](OC(C)=O)[C@H](OC(C)=O)[C@H]1OC(C)=O. The van der Waals surface area contributed by atoms with Gasteiger partial charge in [-0.1, -0.05) is 12.1 Å². The van der Waals surface area contributed by atoms with Gasteiger partial charge in [0.25, 0.3) is 0 Å². The zero-order valence-corrected chi connectivity index (χ0v) is 18.2. The molecule has 13 nitrogen and oxygen atoms in total. The normalized spacial score (nSPS) is 24.2. The van der Waals surface area contributed by atoms with Crippen molar-refractivity contribution in [1.82, 2.24) is 0 Å². The van der Waals surface area contributed by atoms with Crippen molar-refractivity contribution in [1.29, 1.82) is 0 Å². The van der Waals surface area contributed by atoms with Crippen molar-refractivity contribution >= 4 is 29.6 Å². The van der Waals surface area contributed by atoms with Crippen LogP contribution >= 0.6 is 0 Å². The van der Waals surface area contributed by atoms with Crippen LogP contribution in [0.2, 0.25) is 0 Å². The van der Waals surface area contributed by atoms with Crippen molar-refractivity contribution in [2.75, 3.05) is 6.61 Å². The van der Waals surface area contributed by atoms with E-state index in [9.17, 15) is 29.3 Å². The molecule has 0 bridgehead atoms. The van der Waals surface area contributed by atoms with E-state index in [1.807, 2.05) is 0 Å². The molecule has 0 saturated carbocycles. The number of hydrogen-bond acceptors (Lipinski definition) is 12. The molecule has 180 valence electrons. The highest BCUT2D eigenvalue weighted by molar-refractivity contribution is 5.68. The van der Waals surface area contributed by atoms with E-state index < -0.39 is 71.8 Å². The van der Waals surface area contributed by atoms with E-state index in [0.717, 1.165) is 27.7 Å². The average Bonchev–Trinajstić information content (AvgIpc) is 2.70.